The Hall–Kier alpha value is -1.06. The molecule has 10 heavy (non-hydrogen) atoms. The minimum absolute atomic E-state index is 0.0599. The van der Waals surface area contributed by atoms with E-state index < -0.39 is 0 Å². The molecule has 0 saturated heterocycles. The molecule has 0 rings (SSSR count). The van der Waals surface area contributed by atoms with Gasteiger partial charge < -0.3 is 9.94 Å². The van der Waals surface area contributed by atoms with Crippen LogP contribution in [0.15, 0.2) is 5.16 Å². The summed E-state index contributed by atoms with van der Waals surface area (Å²) in [6, 6.07) is 0. The van der Waals surface area contributed by atoms with E-state index in [4.69, 9.17) is 5.21 Å². The van der Waals surface area contributed by atoms with Crippen LogP contribution in [0.3, 0.4) is 0 Å². The highest BCUT2D eigenvalue weighted by molar-refractivity contribution is 5.97. The molecule has 4 nitrogen and oxygen atoms in total. The molecular weight excluding hydrogens is 134 g/mol. The Morgan fingerprint density at radius 2 is 2.30 bits per heavy atom. The Bertz CT molecular complexity index is 142. The van der Waals surface area contributed by atoms with Crippen LogP contribution in [-0.2, 0) is 9.53 Å². The Morgan fingerprint density at radius 3 is 2.70 bits per heavy atom. The lowest BCUT2D eigenvalue weighted by molar-refractivity contribution is -0.141. The Balaban J connectivity index is 3.58. The first kappa shape index (κ1) is 8.94. The minimum atomic E-state index is -0.363. The van der Waals surface area contributed by atoms with Crippen LogP contribution in [0, 0.1) is 0 Å². The fourth-order valence-electron chi connectivity index (χ4n) is 0.456. The van der Waals surface area contributed by atoms with Gasteiger partial charge in [-0.2, -0.15) is 0 Å². The monoisotopic (exact) mass is 145 g/mol. The van der Waals surface area contributed by atoms with Crippen molar-refractivity contribution >= 4 is 11.7 Å². The summed E-state index contributed by atoms with van der Waals surface area (Å²) in [7, 11) is 0. The molecule has 4 heteroatoms. The zero-order valence-electron chi connectivity index (χ0n) is 6.13. The van der Waals surface area contributed by atoms with Gasteiger partial charge in [-0.15, -0.1) is 0 Å². The molecule has 0 spiro atoms. The second kappa shape index (κ2) is 4.78. The zero-order valence-corrected chi connectivity index (χ0v) is 6.13. The number of carbonyl (C=O) groups excluding carboxylic acids is 1. The number of rotatable bonds is 3. The van der Waals surface area contributed by atoms with Gasteiger partial charge in [-0.25, -0.2) is 0 Å². The molecule has 0 amide bonds. The molecule has 0 aliphatic heterocycles. The molecule has 0 unspecified atom stereocenters. The van der Waals surface area contributed by atoms with Crippen molar-refractivity contribution in [2.75, 3.05) is 6.61 Å². The predicted molar refractivity (Wildman–Crippen MR) is 36.1 cm³/mol. The highest BCUT2D eigenvalue weighted by Gasteiger charge is 2.02. The molecule has 0 aliphatic carbocycles. The molecular formula is C6H11NO3. The van der Waals surface area contributed by atoms with Crippen molar-refractivity contribution in [1.29, 1.82) is 0 Å². The maximum absolute atomic E-state index is 10.6. The summed E-state index contributed by atoms with van der Waals surface area (Å²) >= 11 is 0. The van der Waals surface area contributed by atoms with Gasteiger partial charge in [0.15, 0.2) is 0 Å². The van der Waals surface area contributed by atoms with Gasteiger partial charge in [0, 0.05) is 0 Å². The van der Waals surface area contributed by atoms with E-state index in [1.54, 1.807) is 13.8 Å². The van der Waals surface area contributed by atoms with Gasteiger partial charge >= 0.3 is 5.97 Å². The predicted octanol–water partition coefficient (Wildman–Crippen LogP) is 0.790. The van der Waals surface area contributed by atoms with Gasteiger partial charge in [-0.05, 0) is 13.8 Å². The summed E-state index contributed by atoms with van der Waals surface area (Å²) in [4.78, 5) is 10.6. The van der Waals surface area contributed by atoms with Crippen LogP contribution in [0.4, 0.5) is 0 Å². The number of nitrogens with zero attached hydrogens (tertiary/aromatic N) is 1. The van der Waals surface area contributed by atoms with E-state index in [0.717, 1.165) is 0 Å². The van der Waals surface area contributed by atoms with Crippen molar-refractivity contribution in [3.63, 3.8) is 0 Å². The number of oxime groups is 1. The van der Waals surface area contributed by atoms with Crippen molar-refractivity contribution in [3.05, 3.63) is 0 Å². The van der Waals surface area contributed by atoms with Crippen molar-refractivity contribution in [1.82, 2.24) is 0 Å². The molecule has 0 heterocycles. The SMILES string of the molecule is CCOC(=O)C/C(C)=N/O. The minimum Gasteiger partial charge on any atom is -0.466 e. The van der Waals surface area contributed by atoms with Crippen LogP contribution in [0.5, 0.6) is 0 Å². The molecule has 0 aliphatic rings. The van der Waals surface area contributed by atoms with E-state index in [1.165, 1.54) is 0 Å². The van der Waals surface area contributed by atoms with Crippen molar-refractivity contribution in [3.8, 4) is 0 Å². The van der Waals surface area contributed by atoms with Gasteiger partial charge in [0.05, 0.1) is 18.7 Å². The first-order valence-corrected chi connectivity index (χ1v) is 3.03. The average molecular weight is 145 g/mol. The first-order chi connectivity index (χ1) is 4.70. The summed E-state index contributed by atoms with van der Waals surface area (Å²) in [5.74, 6) is -0.363. The third-order valence-corrected chi connectivity index (χ3v) is 0.876. The lowest BCUT2D eigenvalue weighted by atomic mass is 10.3. The summed E-state index contributed by atoms with van der Waals surface area (Å²) in [5.41, 5.74) is 0.360. The average Bonchev–Trinajstić information content (AvgIpc) is 1.88. The number of esters is 1. The van der Waals surface area contributed by atoms with Gasteiger partial charge in [0.25, 0.3) is 0 Å². The fraction of sp³-hybridized carbons (Fsp3) is 0.667. The third kappa shape index (κ3) is 3.88. The molecule has 1 N–H and O–H groups in total. The maximum Gasteiger partial charge on any atom is 0.311 e. The molecule has 0 saturated carbocycles. The molecule has 0 fully saturated rings. The summed E-state index contributed by atoms with van der Waals surface area (Å²) in [5, 5.41) is 11.0. The van der Waals surface area contributed by atoms with Crippen LogP contribution < -0.4 is 0 Å². The summed E-state index contributed by atoms with van der Waals surface area (Å²) in [6.07, 6.45) is 0.0599. The molecule has 0 bridgehead atoms. The number of carbonyl (C=O) groups is 1. The van der Waals surface area contributed by atoms with Crippen LogP contribution in [0.1, 0.15) is 20.3 Å². The van der Waals surface area contributed by atoms with E-state index in [9.17, 15) is 4.79 Å². The van der Waals surface area contributed by atoms with E-state index in [0.29, 0.717) is 12.3 Å². The highest BCUT2D eigenvalue weighted by Crippen LogP contribution is 1.88. The molecule has 0 atom stereocenters. The van der Waals surface area contributed by atoms with E-state index >= 15 is 0 Å². The fourth-order valence-corrected chi connectivity index (χ4v) is 0.456. The maximum atomic E-state index is 10.6. The standard InChI is InChI=1S/C6H11NO3/c1-3-10-6(8)4-5(2)7-9/h9H,3-4H2,1-2H3/b7-5+. The van der Waals surface area contributed by atoms with E-state index in [-0.39, 0.29) is 12.4 Å². The molecule has 0 aromatic rings. The van der Waals surface area contributed by atoms with Crippen molar-refractivity contribution in [2.24, 2.45) is 5.16 Å². The normalized spacial score (nSPS) is 11.2. The van der Waals surface area contributed by atoms with Crippen LogP contribution >= 0.6 is 0 Å². The Kier molecular flexibility index (Phi) is 4.28. The molecule has 0 aromatic heterocycles. The van der Waals surface area contributed by atoms with E-state index in [2.05, 4.69) is 9.89 Å². The third-order valence-electron chi connectivity index (χ3n) is 0.876. The number of hydrogen-bond acceptors (Lipinski definition) is 4. The number of hydrogen-bond donors (Lipinski definition) is 1. The topological polar surface area (TPSA) is 58.9 Å². The first-order valence-electron chi connectivity index (χ1n) is 3.03. The lowest BCUT2D eigenvalue weighted by Crippen LogP contribution is -2.08. The summed E-state index contributed by atoms with van der Waals surface area (Å²) < 4.78 is 4.58. The molecule has 0 radical (unpaired) electrons. The van der Waals surface area contributed by atoms with Crippen LogP contribution in [-0.4, -0.2) is 23.5 Å². The number of ether oxygens (including phenoxy) is 1. The quantitative estimate of drug-likeness (QED) is 0.276. The molecule has 0 aromatic carbocycles. The van der Waals surface area contributed by atoms with Crippen LogP contribution in [0.25, 0.3) is 0 Å². The van der Waals surface area contributed by atoms with Gasteiger partial charge in [-0.1, -0.05) is 5.16 Å². The van der Waals surface area contributed by atoms with Crippen molar-refractivity contribution in [2.45, 2.75) is 20.3 Å². The van der Waals surface area contributed by atoms with Gasteiger partial charge in [0.2, 0.25) is 0 Å². The zero-order chi connectivity index (χ0) is 7.98. The van der Waals surface area contributed by atoms with E-state index in [1.807, 2.05) is 0 Å². The van der Waals surface area contributed by atoms with Gasteiger partial charge in [-0.3, -0.25) is 4.79 Å². The summed E-state index contributed by atoms with van der Waals surface area (Å²) in [6.45, 7) is 3.64. The highest BCUT2D eigenvalue weighted by atomic mass is 16.5. The lowest BCUT2D eigenvalue weighted by Gasteiger charge is -1.98. The van der Waals surface area contributed by atoms with Crippen molar-refractivity contribution < 1.29 is 14.7 Å². The Labute approximate surface area is 59.5 Å². The van der Waals surface area contributed by atoms with Gasteiger partial charge in [0.1, 0.15) is 0 Å². The second-order valence-electron chi connectivity index (χ2n) is 1.82. The smallest absolute Gasteiger partial charge is 0.311 e. The second-order valence-corrected chi connectivity index (χ2v) is 1.82. The Morgan fingerprint density at radius 1 is 1.70 bits per heavy atom. The van der Waals surface area contributed by atoms with Crippen LogP contribution in [0.2, 0.25) is 0 Å². The molecule has 58 valence electrons. The largest absolute Gasteiger partial charge is 0.466 e.